The molecule has 2 N–H and O–H groups in total. The Bertz CT molecular complexity index is 789. The van der Waals surface area contributed by atoms with Crippen molar-refractivity contribution in [3.05, 3.63) is 29.8 Å². The smallest absolute Gasteiger partial charge is 0.243 e. The van der Waals surface area contributed by atoms with E-state index in [2.05, 4.69) is 16.6 Å². The average molecular weight is 377 g/mol. The number of terminal acetylenes is 1. The maximum Gasteiger partial charge on any atom is 0.243 e. The van der Waals surface area contributed by atoms with E-state index in [9.17, 15) is 18.0 Å². The number of hydrogen-bond donors (Lipinski definition) is 2. The van der Waals surface area contributed by atoms with Crippen LogP contribution in [-0.4, -0.2) is 50.7 Å². The summed E-state index contributed by atoms with van der Waals surface area (Å²) in [5.41, 5.74) is 0.991. The van der Waals surface area contributed by atoms with Crippen molar-refractivity contribution in [2.45, 2.75) is 24.7 Å². The van der Waals surface area contributed by atoms with Gasteiger partial charge in [-0.3, -0.25) is 9.59 Å². The molecule has 1 aromatic carbocycles. The minimum Gasteiger partial charge on any atom is -0.347 e. The Morgan fingerprint density at radius 2 is 1.81 bits per heavy atom. The second kappa shape index (κ2) is 8.83. The van der Waals surface area contributed by atoms with Crippen LogP contribution < -0.4 is 10.6 Å². The zero-order valence-electron chi connectivity index (χ0n) is 14.7. The van der Waals surface area contributed by atoms with Gasteiger partial charge in [-0.05, 0) is 31.9 Å². The summed E-state index contributed by atoms with van der Waals surface area (Å²) in [6, 6.07) is 6.72. The van der Waals surface area contributed by atoms with E-state index in [0.717, 1.165) is 5.56 Å². The lowest BCUT2D eigenvalue weighted by Crippen LogP contribution is -2.45. The van der Waals surface area contributed by atoms with Crippen molar-refractivity contribution in [1.82, 2.24) is 14.9 Å². The molecule has 1 aromatic rings. The normalized spacial score (nSPS) is 15.8. The predicted molar refractivity (Wildman–Crippen MR) is 97.5 cm³/mol. The Morgan fingerprint density at radius 3 is 2.38 bits per heavy atom. The minimum atomic E-state index is -3.55. The van der Waals surface area contributed by atoms with Crippen molar-refractivity contribution in [2.24, 2.45) is 5.92 Å². The quantitative estimate of drug-likeness (QED) is 0.695. The van der Waals surface area contributed by atoms with Gasteiger partial charge in [0.25, 0.3) is 0 Å². The van der Waals surface area contributed by atoms with Crippen molar-refractivity contribution in [3.63, 3.8) is 0 Å². The lowest BCUT2D eigenvalue weighted by molar-refractivity contribution is -0.129. The number of amides is 2. The Labute approximate surface area is 154 Å². The van der Waals surface area contributed by atoms with Gasteiger partial charge in [0, 0.05) is 19.0 Å². The van der Waals surface area contributed by atoms with E-state index >= 15 is 0 Å². The predicted octanol–water partition coefficient (Wildman–Crippen LogP) is 0.261. The first-order chi connectivity index (χ1) is 12.3. The molecule has 0 bridgehead atoms. The van der Waals surface area contributed by atoms with E-state index in [-0.39, 0.29) is 48.8 Å². The number of nitrogens with one attached hydrogen (secondary N) is 2. The van der Waals surface area contributed by atoms with Gasteiger partial charge in [-0.25, -0.2) is 8.42 Å². The second-order valence-corrected chi connectivity index (χ2v) is 8.13. The van der Waals surface area contributed by atoms with Gasteiger partial charge < -0.3 is 10.6 Å². The summed E-state index contributed by atoms with van der Waals surface area (Å²) in [5, 5.41) is 5.03. The highest BCUT2D eigenvalue weighted by Gasteiger charge is 2.32. The lowest BCUT2D eigenvalue weighted by atomic mass is 9.97. The number of carbonyl (C=O) groups is 2. The summed E-state index contributed by atoms with van der Waals surface area (Å²) in [5.74, 6) is 1.38. The van der Waals surface area contributed by atoms with E-state index in [1.807, 2.05) is 6.92 Å². The van der Waals surface area contributed by atoms with Crippen LogP contribution in [0.4, 0.5) is 0 Å². The average Bonchev–Trinajstić information content (AvgIpc) is 2.64. The Kier molecular flexibility index (Phi) is 6.77. The van der Waals surface area contributed by atoms with Gasteiger partial charge in [0.15, 0.2) is 0 Å². The molecule has 140 valence electrons. The number of carbonyl (C=O) groups excluding carboxylic acids is 2. The number of nitrogens with zero attached hydrogens (tertiary/aromatic N) is 1. The third kappa shape index (κ3) is 5.07. The number of sulfonamides is 1. The topological polar surface area (TPSA) is 95.6 Å². The Balaban J connectivity index is 1.86. The van der Waals surface area contributed by atoms with E-state index in [1.54, 1.807) is 24.3 Å². The van der Waals surface area contributed by atoms with Crippen LogP contribution in [0, 0.1) is 25.2 Å². The Hall–Kier alpha value is -2.37. The van der Waals surface area contributed by atoms with Crippen LogP contribution in [0.15, 0.2) is 29.2 Å². The molecule has 0 atom stereocenters. The van der Waals surface area contributed by atoms with Gasteiger partial charge in [-0.1, -0.05) is 23.6 Å². The van der Waals surface area contributed by atoms with Crippen LogP contribution in [0.1, 0.15) is 18.4 Å². The first kappa shape index (κ1) is 19.9. The highest BCUT2D eigenvalue weighted by Crippen LogP contribution is 2.24. The largest absolute Gasteiger partial charge is 0.347 e. The third-order valence-corrected chi connectivity index (χ3v) is 6.21. The molecule has 0 saturated carbocycles. The highest BCUT2D eigenvalue weighted by molar-refractivity contribution is 7.89. The van der Waals surface area contributed by atoms with Crippen molar-refractivity contribution >= 4 is 21.8 Å². The van der Waals surface area contributed by atoms with Crippen molar-refractivity contribution < 1.29 is 18.0 Å². The fourth-order valence-electron chi connectivity index (χ4n) is 2.74. The maximum absolute atomic E-state index is 12.6. The van der Waals surface area contributed by atoms with Crippen LogP contribution in [0.25, 0.3) is 0 Å². The van der Waals surface area contributed by atoms with Crippen LogP contribution in [0.3, 0.4) is 0 Å². The summed E-state index contributed by atoms with van der Waals surface area (Å²) in [4.78, 5) is 23.8. The molecular formula is C18H23N3O4S. The molecule has 7 nitrogen and oxygen atoms in total. The summed E-state index contributed by atoms with van der Waals surface area (Å²) < 4.78 is 26.7. The van der Waals surface area contributed by atoms with E-state index in [4.69, 9.17) is 6.42 Å². The molecule has 0 aliphatic carbocycles. The van der Waals surface area contributed by atoms with Crippen molar-refractivity contribution in [2.75, 3.05) is 26.2 Å². The minimum absolute atomic E-state index is 0.115. The number of piperidine rings is 1. The second-order valence-electron chi connectivity index (χ2n) is 6.19. The molecule has 2 amide bonds. The van der Waals surface area contributed by atoms with E-state index in [0.29, 0.717) is 12.8 Å². The highest BCUT2D eigenvalue weighted by atomic mass is 32.2. The molecule has 0 radical (unpaired) electrons. The molecule has 2 rings (SSSR count). The van der Waals surface area contributed by atoms with Crippen LogP contribution in [-0.2, 0) is 19.6 Å². The molecule has 26 heavy (non-hydrogen) atoms. The summed E-state index contributed by atoms with van der Waals surface area (Å²) in [6.45, 7) is 2.43. The molecule has 8 heteroatoms. The summed E-state index contributed by atoms with van der Waals surface area (Å²) >= 11 is 0. The Morgan fingerprint density at radius 1 is 1.19 bits per heavy atom. The van der Waals surface area contributed by atoms with Gasteiger partial charge >= 0.3 is 0 Å². The molecular weight excluding hydrogens is 354 g/mol. The monoisotopic (exact) mass is 377 g/mol. The first-order valence-electron chi connectivity index (χ1n) is 8.39. The summed E-state index contributed by atoms with van der Waals surface area (Å²) in [6.07, 6.45) is 5.88. The van der Waals surface area contributed by atoms with E-state index < -0.39 is 10.0 Å². The molecule has 0 spiro atoms. The van der Waals surface area contributed by atoms with Gasteiger partial charge in [0.2, 0.25) is 21.8 Å². The van der Waals surface area contributed by atoms with E-state index in [1.165, 1.54) is 4.31 Å². The zero-order chi connectivity index (χ0) is 19.2. The number of hydrogen-bond acceptors (Lipinski definition) is 4. The van der Waals surface area contributed by atoms with Gasteiger partial charge in [-0.2, -0.15) is 4.31 Å². The first-order valence-corrected chi connectivity index (χ1v) is 9.83. The third-order valence-electron chi connectivity index (χ3n) is 4.29. The molecule has 1 heterocycles. The molecule has 1 aliphatic rings. The maximum atomic E-state index is 12.6. The fraction of sp³-hybridized carbons (Fsp3) is 0.444. The van der Waals surface area contributed by atoms with Gasteiger partial charge in [0.05, 0.1) is 18.0 Å². The molecule has 1 saturated heterocycles. The van der Waals surface area contributed by atoms with Gasteiger partial charge in [0.1, 0.15) is 0 Å². The molecule has 0 aromatic heterocycles. The molecule has 0 unspecified atom stereocenters. The fourth-order valence-corrected chi connectivity index (χ4v) is 4.21. The number of benzene rings is 1. The molecule has 1 fully saturated rings. The van der Waals surface area contributed by atoms with Crippen LogP contribution >= 0.6 is 0 Å². The SMILES string of the molecule is C#CCNC(=O)CNC(=O)C1CCN(S(=O)(=O)c2ccc(C)cc2)CC1. The zero-order valence-corrected chi connectivity index (χ0v) is 15.5. The van der Waals surface area contributed by atoms with Gasteiger partial charge in [-0.15, -0.1) is 6.42 Å². The standard InChI is InChI=1S/C18H23N3O4S/c1-3-10-19-17(22)13-20-18(23)15-8-11-21(12-9-15)26(24,25)16-6-4-14(2)5-7-16/h1,4-7,15H,8-13H2,2H3,(H,19,22)(H,20,23). The van der Waals surface area contributed by atoms with Crippen molar-refractivity contribution in [1.29, 1.82) is 0 Å². The van der Waals surface area contributed by atoms with Crippen LogP contribution in [0.2, 0.25) is 0 Å². The number of aryl methyl sites for hydroxylation is 1. The lowest BCUT2D eigenvalue weighted by Gasteiger charge is -2.30. The molecule has 1 aliphatic heterocycles. The van der Waals surface area contributed by atoms with Crippen molar-refractivity contribution in [3.8, 4) is 12.3 Å². The number of rotatable bonds is 6. The summed E-state index contributed by atoms with van der Waals surface area (Å²) in [7, 11) is -3.55. The van der Waals surface area contributed by atoms with Crippen LogP contribution in [0.5, 0.6) is 0 Å².